The minimum absolute atomic E-state index is 0.0376. The molecule has 1 aliphatic heterocycles. The van der Waals surface area contributed by atoms with Crippen molar-refractivity contribution in [3.05, 3.63) is 89.2 Å². The molecule has 406 valence electrons. The molecule has 5 rings (SSSR count). The van der Waals surface area contributed by atoms with E-state index in [4.69, 9.17) is 61.6 Å². The zero-order valence-electron chi connectivity index (χ0n) is 42.2. The fourth-order valence-electron chi connectivity index (χ4n) is 7.02. The number of ether oxygens (including phenoxy) is 13. The van der Waals surface area contributed by atoms with Crippen molar-refractivity contribution in [2.24, 2.45) is 5.92 Å². The summed E-state index contributed by atoms with van der Waals surface area (Å²) < 4.78 is 68.6. The zero-order valence-corrected chi connectivity index (χ0v) is 42.2. The second-order valence-electron chi connectivity index (χ2n) is 16.2. The summed E-state index contributed by atoms with van der Waals surface area (Å²) in [7, 11) is 0. The van der Waals surface area contributed by atoms with Gasteiger partial charge in [0.05, 0.1) is 11.4 Å². The van der Waals surface area contributed by atoms with E-state index < -0.39 is 113 Å². The standard InChI is InChI=1S/C51H54N2O23/c1-30-17-39-45(20-42(30)59)76-44-19-37(71-25-66-31(2)54)12-13-38(44)51(39)36-11-14-41(53(23-49(62)74-28-69-34(5)57)24-50(63)75-29-70-35(6)58)46(18-36)65-16-15-64-43-10-8-7-9-40(43)52(21-47(60)72-26-67-32(3)55)22-48(61)73-27-68-33(4)56/h7-14,18-20,30H,15-17,21-29H2,1-6H3. The smallest absolute Gasteiger partial charge is 0.328 e. The Morgan fingerprint density at radius 1 is 0.526 bits per heavy atom. The third-order valence-electron chi connectivity index (χ3n) is 10.4. The lowest BCUT2D eigenvalue weighted by Gasteiger charge is -2.31. The third kappa shape index (κ3) is 18.1. The Hall–Kier alpha value is -9.16. The second kappa shape index (κ2) is 28.3. The number of rotatable bonds is 27. The lowest BCUT2D eigenvalue weighted by atomic mass is 9.81. The summed E-state index contributed by atoms with van der Waals surface area (Å²) in [6.07, 6.45) is 1.65. The molecular formula is C51H54N2O23. The van der Waals surface area contributed by atoms with Crippen molar-refractivity contribution in [2.75, 3.05) is 83.2 Å². The fraction of sp³-hybridized carbons (Fsp3) is 0.373. The molecule has 25 nitrogen and oxygen atoms in total. The van der Waals surface area contributed by atoms with Crippen molar-refractivity contribution in [2.45, 2.75) is 48.0 Å². The van der Waals surface area contributed by atoms with E-state index >= 15 is 0 Å². The summed E-state index contributed by atoms with van der Waals surface area (Å²) >= 11 is 0. The minimum Gasteiger partial charge on any atom is -0.488 e. The van der Waals surface area contributed by atoms with Crippen LogP contribution in [-0.4, -0.2) is 133 Å². The first-order valence-corrected chi connectivity index (χ1v) is 23.0. The van der Waals surface area contributed by atoms with Crippen LogP contribution in [0.25, 0.3) is 5.57 Å². The van der Waals surface area contributed by atoms with Crippen LogP contribution in [0.2, 0.25) is 0 Å². The molecule has 0 saturated carbocycles. The zero-order chi connectivity index (χ0) is 55.3. The van der Waals surface area contributed by atoms with Gasteiger partial charge in [0.1, 0.15) is 68.2 Å². The average molecular weight is 1060 g/mol. The number of hydrogen-bond donors (Lipinski definition) is 0. The molecule has 0 spiro atoms. The monoisotopic (exact) mass is 1060 g/mol. The van der Waals surface area contributed by atoms with Crippen LogP contribution >= 0.6 is 0 Å². The summed E-state index contributed by atoms with van der Waals surface area (Å²) in [5, 5.41) is 0. The number of esters is 9. The van der Waals surface area contributed by atoms with Crippen LogP contribution in [-0.2, 0) is 90.6 Å². The van der Waals surface area contributed by atoms with Gasteiger partial charge in [-0.05, 0) is 54.0 Å². The summed E-state index contributed by atoms with van der Waals surface area (Å²) in [6, 6.07) is 16.0. The highest BCUT2D eigenvalue weighted by Crippen LogP contribution is 2.47. The van der Waals surface area contributed by atoms with Crippen molar-refractivity contribution in [3.8, 4) is 23.0 Å². The summed E-state index contributed by atoms with van der Waals surface area (Å²) in [6.45, 7) is 1.17. The van der Waals surface area contributed by atoms with Crippen LogP contribution in [0.1, 0.15) is 59.1 Å². The van der Waals surface area contributed by atoms with E-state index in [1.165, 1.54) is 34.9 Å². The highest BCUT2D eigenvalue weighted by molar-refractivity contribution is 5.99. The van der Waals surface area contributed by atoms with Crippen LogP contribution < -0.4 is 28.7 Å². The Balaban J connectivity index is 1.54. The first-order chi connectivity index (χ1) is 36.3. The van der Waals surface area contributed by atoms with Gasteiger partial charge in [0, 0.05) is 63.8 Å². The van der Waals surface area contributed by atoms with Gasteiger partial charge in [-0.3, -0.25) is 47.9 Å². The maximum atomic E-state index is 13.3. The predicted molar refractivity (Wildman–Crippen MR) is 256 cm³/mol. The number of benzene rings is 3. The molecule has 0 fully saturated rings. The van der Waals surface area contributed by atoms with Crippen molar-refractivity contribution in [3.63, 3.8) is 0 Å². The molecule has 0 N–H and O–H groups in total. The van der Waals surface area contributed by atoms with E-state index in [0.717, 1.165) is 27.7 Å². The van der Waals surface area contributed by atoms with Gasteiger partial charge >= 0.3 is 53.7 Å². The SMILES string of the molecule is CC(=O)OCOC(=O)CN(CC(=O)OCOC(C)=O)c1ccccc1OCCOc1cc(C2=C3CC(C)C(=O)C=C3Oc3cc(OCOC(C)=O)ccc32)ccc1N(CC(=O)OCOC(C)=O)CC(=O)OCOC(C)=O. The molecule has 1 heterocycles. The van der Waals surface area contributed by atoms with E-state index in [1.807, 2.05) is 0 Å². The average Bonchev–Trinajstić information content (AvgIpc) is 3.34. The Morgan fingerprint density at radius 3 is 1.49 bits per heavy atom. The number of nitrogens with zero attached hydrogens (tertiary/aromatic N) is 2. The van der Waals surface area contributed by atoms with E-state index in [9.17, 15) is 47.9 Å². The van der Waals surface area contributed by atoms with Gasteiger partial charge in [0.15, 0.2) is 5.78 Å². The quantitative estimate of drug-likeness (QED) is 0.0456. The van der Waals surface area contributed by atoms with Gasteiger partial charge in [-0.15, -0.1) is 0 Å². The lowest BCUT2D eigenvalue weighted by molar-refractivity contribution is -0.167. The molecule has 3 aromatic rings. The number of allylic oxidation sites excluding steroid dienone is 2. The highest BCUT2D eigenvalue weighted by Gasteiger charge is 2.33. The number of para-hydroxylation sites is 2. The maximum absolute atomic E-state index is 13.3. The van der Waals surface area contributed by atoms with E-state index in [0.29, 0.717) is 22.3 Å². The number of carbonyl (C=O) groups is 10. The summed E-state index contributed by atoms with van der Waals surface area (Å²) in [4.78, 5) is 125. The van der Waals surface area contributed by atoms with Crippen molar-refractivity contribution >= 4 is 76.5 Å². The van der Waals surface area contributed by atoms with Gasteiger partial charge in [-0.1, -0.05) is 25.1 Å². The van der Waals surface area contributed by atoms with Crippen molar-refractivity contribution < 1.29 is 110 Å². The number of hydrogen-bond acceptors (Lipinski definition) is 25. The van der Waals surface area contributed by atoms with E-state index in [1.54, 1.807) is 55.5 Å². The molecule has 3 aromatic carbocycles. The second-order valence-corrected chi connectivity index (χ2v) is 16.2. The third-order valence-corrected chi connectivity index (χ3v) is 10.4. The van der Waals surface area contributed by atoms with E-state index in [2.05, 4.69) is 0 Å². The van der Waals surface area contributed by atoms with Crippen molar-refractivity contribution in [1.29, 1.82) is 0 Å². The molecule has 0 saturated heterocycles. The summed E-state index contributed by atoms with van der Waals surface area (Å²) in [5.74, 6) is -6.82. The van der Waals surface area contributed by atoms with Gasteiger partial charge < -0.3 is 71.4 Å². The Labute approximate surface area is 434 Å². The van der Waals surface area contributed by atoms with Crippen LogP contribution in [0.5, 0.6) is 23.0 Å². The largest absolute Gasteiger partial charge is 0.488 e. The normalized spacial score (nSPS) is 13.1. The van der Waals surface area contributed by atoms with Crippen LogP contribution in [0.3, 0.4) is 0 Å². The fourth-order valence-corrected chi connectivity index (χ4v) is 7.02. The Bertz CT molecular complexity index is 2680. The Kier molecular flexibility index (Phi) is 21.5. The molecule has 0 amide bonds. The van der Waals surface area contributed by atoms with Gasteiger partial charge in [-0.2, -0.15) is 0 Å². The summed E-state index contributed by atoms with van der Waals surface area (Å²) in [5.41, 5.74) is 2.60. The van der Waals surface area contributed by atoms with Gasteiger partial charge in [0.2, 0.25) is 34.0 Å². The number of carbonyl (C=O) groups excluding carboxylic acids is 10. The van der Waals surface area contributed by atoms with Gasteiger partial charge in [0.25, 0.3) is 0 Å². The first kappa shape index (κ1) is 57.7. The predicted octanol–water partition coefficient (Wildman–Crippen LogP) is 3.60. The molecule has 2 aliphatic rings. The maximum Gasteiger partial charge on any atom is 0.328 e. The van der Waals surface area contributed by atoms with Crippen LogP contribution in [0, 0.1) is 5.92 Å². The number of fused-ring (bicyclic) bond motifs is 2. The molecule has 0 radical (unpaired) electrons. The lowest BCUT2D eigenvalue weighted by Crippen LogP contribution is -2.37. The molecular weight excluding hydrogens is 1010 g/mol. The van der Waals surface area contributed by atoms with Crippen molar-refractivity contribution in [1.82, 2.24) is 0 Å². The van der Waals surface area contributed by atoms with E-state index in [-0.39, 0.29) is 72.3 Å². The number of ketones is 1. The highest BCUT2D eigenvalue weighted by atomic mass is 16.7. The topological polar surface area (TPSA) is 297 Å². The molecule has 0 bridgehead atoms. The minimum atomic E-state index is -0.954. The van der Waals surface area contributed by atoms with Crippen LogP contribution in [0.4, 0.5) is 11.4 Å². The molecule has 1 atom stereocenters. The number of anilines is 2. The molecule has 25 heteroatoms. The molecule has 0 aromatic heterocycles. The Morgan fingerprint density at radius 2 is 0.987 bits per heavy atom. The molecule has 76 heavy (non-hydrogen) atoms. The molecule has 1 unspecified atom stereocenters. The van der Waals surface area contributed by atoms with Crippen LogP contribution in [0.15, 0.2) is 78.1 Å². The molecule has 1 aliphatic carbocycles. The first-order valence-electron chi connectivity index (χ1n) is 23.0. The van der Waals surface area contributed by atoms with Gasteiger partial charge in [-0.25, -0.2) is 0 Å².